The molecule has 1 unspecified atom stereocenters. The van der Waals surface area contributed by atoms with E-state index in [0.29, 0.717) is 18.7 Å². The van der Waals surface area contributed by atoms with Crippen molar-refractivity contribution in [3.8, 4) is 0 Å². The summed E-state index contributed by atoms with van der Waals surface area (Å²) in [6.45, 7) is 0. The van der Waals surface area contributed by atoms with Gasteiger partial charge in [0.1, 0.15) is 12.2 Å². The summed E-state index contributed by atoms with van der Waals surface area (Å²) in [4.78, 5) is 15.4. The lowest BCUT2D eigenvalue weighted by molar-refractivity contribution is -0.141. The lowest BCUT2D eigenvalue weighted by Gasteiger charge is -2.11. The second-order valence-corrected chi connectivity index (χ2v) is 5.29. The molecule has 0 fully saturated rings. The van der Waals surface area contributed by atoms with Crippen molar-refractivity contribution in [2.24, 2.45) is 13.0 Å². The number of halogens is 1. The molecule has 0 saturated heterocycles. The van der Waals surface area contributed by atoms with E-state index in [1.165, 1.54) is 6.33 Å². The van der Waals surface area contributed by atoms with Crippen molar-refractivity contribution >= 4 is 21.9 Å². The Labute approximate surface area is 119 Å². The van der Waals surface area contributed by atoms with E-state index in [2.05, 4.69) is 26.0 Å². The molecule has 6 heteroatoms. The third-order valence-corrected chi connectivity index (χ3v) is 3.51. The third kappa shape index (κ3) is 3.64. The molecule has 2 rings (SSSR count). The van der Waals surface area contributed by atoms with Crippen LogP contribution in [0.2, 0.25) is 0 Å². The van der Waals surface area contributed by atoms with Crippen LogP contribution in [0.5, 0.6) is 0 Å². The van der Waals surface area contributed by atoms with Gasteiger partial charge in [-0.1, -0.05) is 28.1 Å². The zero-order chi connectivity index (χ0) is 13.8. The largest absolute Gasteiger partial charge is 0.481 e. The van der Waals surface area contributed by atoms with E-state index in [1.807, 2.05) is 24.3 Å². The minimum Gasteiger partial charge on any atom is -0.481 e. The summed E-state index contributed by atoms with van der Waals surface area (Å²) in [7, 11) is 1.76. The molecule has 0 bridgehead atoms. The number of aryl methyl sites for hydroxylation is 1. The number of benzene rings is 1. The molecule has 0 aliphatic carbocycles. The highest BCUT2D eigenvalue weighted by Gasteiger charge is 2.20. The molecule has 1 aromatic heterocycles. The number of carboxylic acids is 1. The van der Waals surface area contributed by atoms with Crippen LogP contribution in [0.25, 0.3) is 0 Å². The first-order valence-corrected chi connectivity index (χ1v) is 6.65. The number of aliphatic carboxylic acids is 1. The molecular weight excluding hydrogens is 310 g/mol. The van der Waals surface area contributed by atoms with Gasteiger partial charge in [0, 0.05) is 17.9 Å². The van der Waals surface area contributed by atoms with E-state index in [-0.39, 0.29) is 0 Å². The molecule has 19 heavy (non-hydrogen) atoms. The number of carboxylic acid groups (broad SMARTS) is 1. The number of hydrogen-bond acceptors (Lipinski definition) is 3. The van der Waals surface area contributed by atoms with Crippen LogP contribution in [-0.2, 0) is 24.7 Å². The van der Waals surface area contributed by atoms with Crippen LogP contribution in [0.3, 0.4) is 0 Å². The Bertz CT molecular complexity index is 566. The monoisotopic (exact) mass is 323 g/mol. The third-order valence-electron chi connectivity index (χ3n) is 2.98. The highest BCUT2D eigenvalue weighted by atomic mass is 79.9. The minimum atomic E-state index is -0.814. The van der Waals surface area contributed by atoms with Crippen LogP contribution < -0.4 is 0 Å². The van der Waals surface area contributed by atoms with Crippen LogP contribution in [0.1, 0.15) is 11.4 Å². The Morgan fingerprint density at radius 2 is 2.05 bits per heavy atom. The summed E-state index contributed by atoms with van der Waals surface area (Å²) in [6.07, 6.45) is 2.30. The summed E-state index contributed by atoms with van der Waals surface area (Å²) in [6, 6.07) is 7.68. The van der Waals surface area contributed by atoms with Gasteiger partial charge >= 0.3 is 5.97 Å². The normalized spacial score (nSPS) is 12.3. The standard InChI is InChI=1S/C13H14BrN3O2/c1-17-12(15-8-16-17)7-10(13(18)19)6-9-2-4-11(14)5-3-9/h2-5,8,10H,6-7H2,1H3,(H,18,19). The van der Waals surface area contributed by atoms with Crippen molar-refractivity contribution in [3.05, 3.63) is 46.5 Å². The first kappa shape index (κ1) is 13.7. The molecule has 0 saturated carbocycles. The number of rotatable bonds is 5. The fourth-order valence-corrected chi connectivity index (χ4v) is 2.14. The SMILES string of the molecule is Cn1ncnc1CC(Cc1ccc(Br)cc1)C(=O)O. The summed E-state index contributed by atoms with van der Waals surface area (Å²) in [5.74, 6) is -0.625. The maximum atomic E-state index is 11.3. The van der Waals surface area contributed by atoms with E-state index in [9.17, 15) is 9.90 Å². The molecule has 1 N–H and O–H groups in total. The zero-order valence-electron chi connectivity index (χ0n) is 10.5. The second-order valence-electron chi connectivity index (χ2n) is 4.37. The van der Waals surface area contributed by atoms with E-state index >= 15 is 0 Å². The van der Waals surface area contributed by atoms with Gasteiger partial charge in [0.2, 0.25) is 0 Å². The van der Waals surface area contributed by atoms with Crippen LogP contribution in [0.15, 0.2) is 35.1 Å². The first-order chi connectivity index (χ1) is 9.06. The molecule has 0 radical (unpaired) electrons. The minimum absolute atomic E-state index is 0.377. The fourth-order valence-electron chi connectivity index (χ4n) is 1.88. The van der Waals surface area contributed by atoms with Gasteiger partial charge < -0.3 is 5.11 Å². The quantitative estimate of drug-likeness (QED) is 0.914. The Morgan fingerprint density at radius 1 is 1.37 bits per heavy atom. The van der Waals surface area contributed by atoms with Crippen LogP contribution in [-0.4, -0.2) is 25.8 Å². The Morgan fingerprint density at radius 3 is 2.58 bits per heavy atom. The van der Waals surface area contributed by atoms with E-state index < -0.39 is 11.9 Å². The average molecular weight is 324 g/mol. The number of nitrogens with zero attached hydrogens (tertiary/aromatic N) is 3. The molecule has 1 atom stereocenters. The first-order valence-electron chi connectivity index (χ1n) is 5.86. The van der Waals surface area contributed by atoms with Gasteiger partial charge in [-0.2, -0.15) is 5.10 Å². The zero-order valence-corrected chi connectivity index (χ0v) is 12.0. The molecule has 1 aromatic carbocycles. The topological polar surface area (TPSA) is 68.0 Å². The number of hydrogen-bond donors (Lipinski definition) is 1. The van der Waals surface area contributed by atoms with Gasteiger partial charge in [-0.05, 0) is 24.1 Å². The molecule has 0 spiro atoms. The summed E-state index contributed by atoms with van der Waals surface area (Å²) >= 11 is 3.36. The smallest absolute Gasteiger partial charge is 0.307 e. The van der Waals surface area contributed by atoms with Gasteiger partial charge in [0.05, 0.1) is 5.92 Å². The van der Waals surface area contributed by atoms with Crippen molar-refractivity contribution in [2.75, 3.05) is 0 Å². The highest BCUT2D eigenvalue weighted by Crippen LogP contribution is 2.16. The van der Waals surface area contributed by atoms with Crippen LogP contribution in [0, 0.1) is 5.92 Å². The van der Waals surface area contributed by atoms with E-state index in [4.69, 9.17) is 0 Å². The van der Waals surface area contributed by atoms with Crippen LogP contribution in [0.4, 0.5) is 0 Å². The summed E-state index contributed by atoms with van der Waals surface area (Å²) < 4.78 is 2.59. The molecule has 0 amide bonds. The Kier molecular flexibility index (Phi) is 4.31. The van der Waals surface area contributed by atoms with Gasteiger partial charge in [0.15, 0.2) is 0 Å². The number of aromatic nitrogens is 3. The van der Waals surface area contributed by atoms with E-state index in [1.54, 1.807) is 11.7 Å². The Balaban J connectivity index is 2.10. The molecule has 2 aromatic rings. The molecule has 100 valence electrons. The van der Waals surface area contributed by atoms with Crippen molar-refractivity contribution < 1.29 is 9.90 Å². The maximum Gasteiger partial charge on any atom is 0.307 e. The second kappa shape index (κ2) is 5.97. The molecule has 0 aliphatic heterocycles. The van der Waals surface area contributed by atoms with Gasteiger partial charge in [-0.25, -0.2) is 4.98 Å². The maximum absolute atomic E-state index is 11.3. The van der Waals surface area contributed by atoms with Crippen molar-refractivity contribution in [1.82, 2.24) is 14.8 Å². The lowest BCUT2D eigenvalue weighted by atomic mass is 9.96. The molecule has 0 aliphatic rings. The predicted octanol–water partition coefficient (Wildman–Crippen LogP) is 2.06. The van der Waals surface area contributed by atoms with Gasteiger partial charge in [0.25, 0.3) is 0 Å². The predicted molar refractivity (Wildman–Crippen MR) is 73.7 cm³/mol. The van der Waals surface area contributed by atoms with Crippen LogP contribution >= 0.6 is 15.9 Å². The Hall–Kier alpha value is -1.69. The van der Waals surface area contributed by atoms with Crippen molar-refractivity contribution in [2.45, 2.75) is 12.8 Å². The van der Waals surface area contributed by atoms with Gasteiger partial charge in [-0.15, -0.1) is 0 Å². The number of carbonyl (C=O) groups is 1. The van der Waals surface area contributed by atoms with Gasteiger partial charge in [-0.3, -0.25) is 9.48 Å². The summed E-state index contributed by atoms with van der Waals surface area (Å²) in [5, 5.41) is 13.3. The van der Waals surface area contributed by atoms with Crippen molar-refractivity contribution in [1.29, 1.82) is 0 Å². The highest BCUT2D eigenvalue weighted by molar-refractivity contribution is 9.10. The van der Waals surface area contributed by atoms with Crippen molar-refractivity contribution in [3.63, 3.8) is 0 Å². The molecule has 5 nitrogen and oxygen atoms in total. The summed E-state index contributed by atoms with van der Waals surface area (Å²) in [5.41, 5.74) is 0.998. The fraction of sp³-hybridized carbons (Fsp3) is 0.308. The lowest BCUT2D eigenvalue weighted by Crippen LogP contribution is -2.21. The average Bonchev–Trinajstić information content (AvgIpc) is 2.77. The van der Waals surface area contributed by atoms with E-state index in [0.717, 1.165) is 10.0 Å². The molecule has 1 heterocycles. The molecular formula is C13H14BrN3O2.